The van der Waals surface area contributed by atoms with Gasteiger partial charge >= 0.3 is 6.09 Å². The van der Waals surface area contributed by atoms with Gasteiger partial charge in [0, 0.05) is 36.6 Å². The van der Waals surface area contributed by atoms with Crippen LogP contribution in [0.1, 0.15) is 53.5 Å². The Kier molecular flexibility index (Phi) is 8.75. The van der Waals surface area contributed by atoms with Crippen LogP contribution in [-0.2, 0) is 18.3 Å². The van der Waals surface area contributed by atoms with E-state index in [-0.39, 0.29) is 11.6 Å². The summed E-state index contributed by atoms with van der Waals surface area (Å²) in [5, 5.41) is 6.76. The number of ether oxygens (including phenoxy) is 2. The first-order valence-electron chi connectivity index (χ1n) is 13.9. The normalized spacial score (nSPS) is 12.4. The third kappa shape index (κ3) is 6.90. The van der Waals surface area contributed by atoms with Gasteiger partial charge in [-0.3, -0.25) is 4.79 Å². The molecule has 0 spiro atoms. The predicted molar refractivity (Wildman–Crippen MR) is 162 cm³/mol. The molecule has 0 fully saturated rings. The number of hydrogen-bond acceptors (Lipinski definition) is 7. The lowest BCUT2D eigenvalue weighted by Crippen LogP contribution is -2.44. The van der Waals surface area contributed by atoms with Gasteiger partial charge in [0.15, 0.2) is 5.75 Å². The van der Waals surface area contributed by atoms with Crippen molar-refractivity contribution in [3.63, 3.8) is 0 Å². The molecule has 0 aliphatic carbocycles. The zero-order chi connectivity index (χ0) is 29.9. The topological polar surface area (TPSA) is 94.9 Å². The van der Waals surface area contributed by atoms with Gasteiger partial charge in [0.05, 0.1) is 24.1 Å². The number of anilines is 1. The number of rotatable bonds is 9. The molecular weight excluding hydrogens is 520 g/mol. The fourth-order valence-electron chi connectivity index (χ4n) is 4.82. The van der Waals surface area contributed by atoms with Gasteiger partial charge in [0.25, 0.3) is 5.56 Å². The van der Waals surface area contributed by atoms with Crippen LogP contribution < -0.4 is 20.5 Å². The number of carbonyl (C=O) groups is 1. The van der Waals surface area contributed by atoms with Crippen molar-refractivity contribution in [1.82, 2.24) is 14.6 Å². The van der Waals surface area contributed by atoms with Gasteiger partial charge in [0.2, 0.25) is 0 Å². The van der Waals surface area contributed by atoms with Gasteiger partial charge in [-0.2, -0.15) is 0 Å². The van der Waals surface area contributed by atoms with E-state index in [0.29, 0.717) is 34.9 Å². The molecule has 0 aliphatic rings. The molecule has 1 amide bonds. The Morgan fingerprint density at radius 2 is 1.71 bits per heavy atom. The summed E-state index contributed by atoms with van der Waals surface area (Å²) in [5.41, 5.74) is 0.848. The van der Waals surface area contributed by atoms with E-state index in [1.165, 1.54) is 5.06 Å². The second kappa shape index (κ2) is 12.1. The molecule has 218 valence electrons. The molecule has 2 aromatic carbocycles. The number of fused-ring (bicyclic) bond motifs is 3. The summed E-state index contributed by atoms with van der Waals surface area (Å²) in [6.07, 6.45) is 1.87. The third-order valence-electron chi connectivity index (χ3n) is 6.70. The van der Waals surface area contributed by atoms with Gasteiger partial charge in [-0.05, 0) is 75.9 Å². The van der Waals surface area contributed by atoms with E-state index in [2.05, 4.69) is 24.1 Å². The molecular formula is C32H40N4O5. The molecule has 4 rings (SSSR count). The summed E-state index contributed by atoms with van der Waals surface area (Å²) in [6, 6.07) is 14.8. The first-order valence-corrected chi connectivity index (χ1v) is 13.9. The van der Waals surface area contributed by atoms with Crippen molar-refractivity contribution in [3.05, 3.63) is 70.6 Å². The van der Waals surface area contributed by atoms with Crippen molar-refractivity contribution in [3.8, 4) is 11.5 Å². The Morgan fingerprint density at radius 1 is 1.02 bits per heavy atom. The average Bonchev–Trinajstić information content (AvgIpc) is 2.92. The Morgan fingerprint density at radius 3 is 2.34 bits per heavy atom. The van der Waals surface area contributed by atoms with Crippen LogP contribution in [0.5, 0.6) is 11.5 Å². The molecule has 9 heteroatoms. The van der Waals surface area contributed by atoms with Crippen molar-refractivity contribution < 1.29 is 19.1 Å². The zero-order valence-electron chi connectivity index (χ0n) is 25.1. The van der Waals surface area contributed by atoms with Crippen molar-refractivity contribution >= 4 is 33.6 Å². The lowest BCUT2D eigenvalue weighted by atomic mass is 10.1. The Labute approximate surface area is 241 Å². The molecule has 0 aliphatic heterocycles. The highest BCUT2D eigenvalue weighted by Gasteiger charge is 2.29. The molecule has 2 aromatic heterocycles. The Hall–Kier alpha value is -4.27. The first-order chi connectivity index (χ1) is 19.4. The number of benzene rings is 2. The molecule has 1 unspecified atom stereocenters. The van der Waals surface area contributed by atoms with E-state index in [4.69, 9.17) is 14.3 Å². The fourth-order valence-corrected chi connectivity index (χ4v) is 4.82. The lowest BCUT2D eigenvalue weighted by molar-refractivity contribution is -0.0966. The molecule has 0 bridgehead atoms. The van der Waals surface area contributed by atoms with Crippen molar-refractivity contribution in [1.29, 1.82) is 0 Å². The summed E-state index contributed by atoms with van der Waals surface area (Å²) in [6.45, 7) is 12.1. The van der Waals surface area contributed by atoms with Crippen molar-refractivity contribution in [2.45, 2.75) is 66.2 Å². The monoisotopic (exact) mass is 560 g/mol. The molecule has 0 saturated heterocycles. The maximum absolute atomic E-state index is 13.6. The highest BCUT2D eigenvalue weighted by atomic mass is 16.7. The van der Waals surface area contributed by atoms with Gasteiger partial charge in [-0.25, -0.2) is 9.78 Å². The van der Waals surface area contributed by atoms with Crippen LogP contribution in [0, 0.1) is 5.92 Å². The maximum Gasteiger partial charge on any atom is 0.443 e. The molecule has 1 N–H and O–H groups in total. The highest BCUT2D eigenvalue weighted by molar-refractivity contribution is 6.09. The summed E-state index contributed by atoms with van der Waals surface area (Å²) in [7, 11) is 3.36. The summed E-state index contributed by atoms with van der Waals surface area (Å²) < 4.78 is 12.4. The lowest BCUT2D eigenvalue weighted by Gasteiger charge is -2.31. The number of aryl methyl sites for hydroxylation is 1. The van der Waals surface area contributed by atoms with Crippen LogP contribution in [0.4, 0.5) is 10.6 Å². The van der Waals surface area contributed by atoms with Crippen LogP contribution >= 0.6 is 0 Å². The Bertz CT molecular complexity index is 1590. The minimum absolute atomic E-state index is 0.188. The number of hydrogen-bond donors (Lipinski definition) is 1. The summed E-state index contributed by atoms with van der Waals surface area (Å²) in [4.78, 5) is 37.3. The maximum atomic E-state index is 13.6. The first kappa shape index (κ1) is 29.7. The molecule has 0 saturated carbocycles. The largest absolute Gasteiger partial charge is 0.497 e. The number of methoxy groups -OCH3 is 1. The second-order valence-electron chi connectivity index (χ2n) is 11.7. The van der Waals surface area contributed by atoms with Crippen molar-refractivity contribution in [2.75, 3.05) is 12.4 Å². The summed E-state index contributed by atoms with van der Waals surface area (Å²) in [5.74, 6) is 2.08. The van der Waals surface area contributed by atoms with E-state index in [1.807, 2.05) is 64.1 Å². The Balaban J connectivity index is 1.69. The second-order valence-corrected chi connectivity index (χ2v) is 11.7. The average molecular weight is 561 g/mol. The number of amides is 1. The van der Waals surface area contributed by atoms with Gasteiger partial charge in [-0.15, -0.1) is 5.06 Å². The molecule has 4 aromatic rings. The molecule has 1 atom stereocenters. The number of nitrogens with zero attached hydrogens (tertiary/aromatic N) is 3. The standard InChI is InChI=1S/C32H40N4O5/c1-20(2)17-21(3)36(31(38)40-32(4,5)6)41-24-13-14-25-26-15-16-33-29(28(26)30(37)35(7)27(25)18-24)34-19-22-9-11-23(39-8)12-10-22/h9-16,18,20-21H,17,19H2,1-8H3,(H,33,34). The molecule has 41 heavy (non-hydrogen) atoms. The van der Waals surface area contributed by atoms with E-state index in [1.54, 1.807) is 37.1 Å². The van der Waals surface area contributed by atoms with E-state index >= 15 is 0 Å². The predicted octanol–water partition coefficient (Wildman–Crippen LogP) is 6.67. The van der Waals surface area contributed by atoms with Gasteiger partial charge in [0.1, 0.15) is 17.2 Å². The number of pyridine rings is 2. The smallest absolute Gasteiger partial charge is 0.443 e. The summed E-state index contributed by atoms with van der Waals surface area (Å²) >= 11 is 0. The van der Waals surface area contributed by atoms with Crippen LogP contribution in [0.3, 0.4) is 0 Å². The van der Waals surface area contributed by atoms with Crippen LogP contribution in [0.15, 0.2) is 59.5 Å². The SMILES string of the molecule is COc1ccc(CNc2nccc3c2c(=O)n(C)c2cc(ON(C(=O)OC(C)(C)C)C(C)CC(C)C)ccc32)cc1. The van der Waals surface area contributed by atoms with E-state index < -0.39 is 11.7 Å². The number of aromatic nitrogens is 2. The van der Waals surface area contributed by atoms with Crippen LogP contribution in [0.2, 0.25) is 0 Å². The molecule has 9 nitrogen and oxygen atoms in total. The number of nitrogens with one attached hydrogen (secondary N) is 1. The third-order valence-corrected chi connectivity index (χ3v) is 6.70. The van der Waals surface area contributed by atoms with Crippen LogP contribution in [0.25, 0.3) is 21.7 Å². The van der Waals surface area contributed by atoms with E-state index in [0.717, 1.165) is 28.5 Å². The fraction of sp³-hybridized carbons (Fsp3) is 0.406. The molecule has 0 radical (unpaired) electrons. The minimum atomic E-state index is -0.671. The van der Waals surface area contributed by atoms with E-state index in [9.17, 15) is 9.59 Å². The number of hydroxylamine groups is 2. The highest BCUT2D eigenvalue weighted by Crippen LogP contribution is 2.30. The van der Waals surface area contributed by atoms with Gasteiger partial charge < -0.3 is 24.2 Å². The number of carbonyl (C=O) groups excluding carboxylic acids is 1. The molecule has 2 heterocycles. The van der Waals surface area contributed by atoms with Crippen LogP contribution in [-0.4, -0.2) is 39.5 Å². The zero-order valence-corrected chi connectivity index (χ0v) is 25.1. The quantitative estimate of drug-likeness (QED) is 0.180. The van der Waals surface area contributed by atoms with Crippen molar-refractivity contribution in [2.24, 2.45) is 13.0 Å². The minimum Gasteiger partial charge on any atom is -0.497 e. The van der Waals surface area contributed by atoms with Gasteiger partial charge in [-0.1, -0.05) is 26.0 Å².